The number of rotatable bonds is 5. The SMILES string of the molecule is Cn1c(SCCS(=O)c2ccccc2)nc2ccsc2c1=O. The van der Waals surface area contributed by atoms with Gasteiger partial charge in [0.1, 0.15) is 4.70 Å². The number of fused-ring (bicyclic) bond motifs is 1. The van der Waals surface area contributed by atoms with Crippen molar-refractivity contribution >= 4 is 44.1 Å². The van der Waals surface area contributed by atoms with Crippen LogP contribution < -0.4 is 5.56 Å². The predicted molar refractivity (Wildman–Crippen MR) is 93.3 cm³/mol. The van der Waals surface area contributed by atoms with Gasteiger partial charge >= 0.3 is 0 Å². The van der Waals surface area contributed by atoms with Crippen molar-refractivity contribution < 1.29 is 4.21 Å². The van der Waals surface area contributed by atoms with Crippen LogP contribution in [0.3, 0.4) is 0 Å². The van der Waals surface area contributed by atoms with Crippen LogP contribution in [0.4, 0.5) is 0 Å². The van der Waals surface area contributed by atoms with Crippen LogP contribution in [-0.2, 0) is 17.8 Å². The van der Waals surface area contributed by atoms with Crippen LogP contribution >= 0.6 is 23.1 Å². The van der Waals surface area contributed by atoms with Crippen molar-refractivity contribution in [1.82, 2.24) is 9.55 Å². The van der Waals surface area contributed by atoms with Crippen LogP contribution in [0.15, 0.2) is 56.6 Å². The average Bonchev–Trinajstić information content (AvgIpc) is 3.01. The molecule has 0 saturated carbocycles. The summed E-state index contributed by atoms with van der Waals surface area (Å²) in [4.78, 5) is 17.5. The number of thioether (sulfide) groups is 1. The third-order valence-corrected chi connectivity index (χ3v) is 6.71. The summed E-state index contributed by atoms with van der Waals surface area (Å²) in [5.74, 6) is 1.18. The average molecular weight is 350 g/mol. The molecule has 0 aliphatic rings. The normalized spacial score (nSPS) is 12.6. The zero-order valence-corrected chi connectivity index (χ0v) is 14.3. The summed E-state index contributed by atoms with van der Waals surface area (Å²) in [6.45, 7) is 0. The van der Waals surface area contributed by atoms with Gasteiger partial charge < -0.3 is 0 Å². The van der Waals surface area contributed by atoms with Crippen molar-refractivity contribution in [2.75, 3.05) is 11.5 Å². The second kappa shape index (κ2) is 6.76. The Morgan fingerprint density at radius 3 is 2.82 bits per heavy atom. The molecule has 114 valence electrons. The molecule has 22 heavy (non-hydrogen) atoms. The molecule has 0 aliphatic heterocycles. The molecule has 0 aliphatic carbocycles. The minimum Gasteiger partial charge on any atom is -0.290 e. The second-order valence-corrected chi connectivity index (χ2v) is 8.15. The minimum absolute atomic E-state index is 0.0216. The summed E-state index contributed by atoms with van der Waals surface area (Å²) in [6.07, 6.45) is 0. The molecule has 1 aromatic carbocycles. The molecule has 0 N–H and O–H groups in total. The summed E-state index contributed by atoms with van der Waals surface area (Å²) in [6, 6.07) is 11.3. The lowest BCUT2D eigenvalue weighted by atomic mass is 10.4. The molecule has 0 amide bonds. The molecule has 0 bridgehead atoms. The Bertz CT molecular complexity index is 871. The highest BCUT2D eigenvalue weighted by atomic mass is 32.2. The smallest absolute Gasteiger partial charge is 0.271 e. The van der Waals surface area contributed by atoms with Crippen molar-refractivity contribution in [2.45, 2.75) is 10.1 Å². The molecule has 4 nitrogen and oxygen atoms in total. The van der Waals surface area contributed by atoms with E-state index in [1.807, 2.05) is 41.8 Å². The van der Waals surface area contributed by atoms with Crippen molar-refractivity contribution in [3.05, 3.63) is 52.1 Å². The Balaban J connectivity index is 1.71. The highest BCUT2D eigenvalue weighted by Crippen LogP contribution is 2.20. The van der Waals surface area contributed by atoms with E-state index in [1.54, 1.807) is 11.6 Å². The van der Waals surface area contributed by atoms with Crippen LogP contribution in [0, 0.1) is 0 Å². The maximum absolute atomic E-state index is 12.2. The molecule has 0 fully saturated rings. The molecule has 0 spiro atoms. The molecule has 0 radical (unpaired) electrons. The molecule has 2 heterocycles. The fourth-order valence-corrected chi connectivity index (χ4v) is 5.06. The lowest BCUT2D eigenvalue weighted by Crippen LogP contribution is -2.19. The zero-order valence-electron chi connectivity index (χ0n) is 11.9. The highest BCUT2D eigenvalue weighted by Gasteiger charge is 2.10. The number of thiophene rings is 1. The molecule has 7 heteroatoms. The van der Waals surface area contributed by atoms with Crippen LogP contribution in [0.25, 0.3) is 10.2 Å². The summed E-state index contributed by atoms with van der Waals surface area (Å²) in [5, 5.41) is 2.54. The first kappa shape index (κ1) is 15.5. The lowest BCUT2D eigenvalue weighted by molar-refractivity contribution is 0.684. The van der Waals surface area contributed by atoms with E-state index in [-0.39, 0.29) is 5.56 Å². The van der Waals surface area contributed by atoms with Gasteiger partial charge in [0.15, 0.2) is 5.16 Å². The van der Waals surface area contributed by atoms with E-state index in [1.165, 1.54) is 23.1 Å². The van der Waals surface area contributed by atoms with Crippen molar-refractivity contribution in [3.8, 4) is 0 Å². The molecule has 1 atom stereocenters. The maximum Gasteiger partial charge on any atom is 0.271 e. The van der Waals surface area contributed by atoms with Crippen molar-refractivity contribution in [1.29, 1.82) is 0 Å². The fraction of sp³-hybridized carbons (Fsp3) is 0.200. The van der Waals surface area contributed by atoms with Gasteiger partial charge in [0.05, 0.1) is 16.3 Å². The molecular weight excluding hydrogens is 336 g/mol. The van der Waals surface area contributed by atoms with Gasteiger partial charge in [0, 0.05) is 23.4 Å². The quantitative estimate of drug-likeness (QED) is 0.524. The number of hydrogen-bond acceptors (Lipinski definition) is 5. The third-order valence-electron chi connectivity index (χ3n) is 3.15. The maximum atomic E-state index is 12.2. The van der Waals surface area contributed by atoms with Gasteiger partial charge in [-0.1, -0.05) is 30.0 Å². The topological polar surface area (TPSA) is 52.0 Å². The number of aromatic nitrogens is 2. The van der Waals surface area contributed by atoms with Gasteiger partial charge in [0.25, 0.3) is 5.56 Å². The first-order valence-electron chi connectivity index (χ1n) is 6.67. The molecule has 0 saturated heterocycles. The minimum atomic E-state index is -1.02. The van der Waals surface area contributed by atoms with Gasteiger partial charge in [-0.15, -0.1) is 11.3 Å². The molecule has 3 aromatic rings. The molecular formula is C15H14N2O2S3. The summed E-state index contributed by atoms with van der Waals surface area (Å²) in [7, 11) is 0.705. The zero-order chi connectivity index (χ0) is 15.5. The van der Waals surface area contributed by atoms with Crippen LogP contribution in [0.1, 0.15) is 0 Å². The van der Waals surface area contributed by atoms with E-state index in [0.29, 0.717) is 21.4 Å². The first-order chi connectivity index (χ1) is 10.7. The lowest BCUT2D eigenvalue weighted by Gasteiger charge is -2.07. The van der Waals surface area contributed by atoms with Gasteiger partial charge in [-0.3, -0.25) is 13.6 Å². The van der Waals surface area contributed by atoms with Gasteiger partial charge in [-0.05, 0) is 23.6 Å². The molecule has 2 aromatic heterocycles. The molecule has 1 unspecified atom stereocenters. The van der Waals surface area contributed by atoms with E-state index >= 15 is 0 Å². The van der Waals surface area contributed by atoms with E-state index in [0.717, 1.165) is 10.4 Å². The first-order valence-corrected chi connectivity index (χ1v) is 9.85. The fourth-order valence-electron chi connectivity index (χ4n) is 2.00. The Kier molecular flexibility index (Phi) is 4.75. The Hall–Kier alpha value is -1.44. The summed E-state index contributed by atoms with van der Waals surface area (Å²) < 4.78 is 14.4. The Morgan fingerprint density at radius 2 is 2.05 bits per heavy atom. The van der Waals surface area contributed by atoms with E-state index < -0.39 is 10.8 Å². The van der Waals surface area contributed by atoms with Crippen LogP contribution in [-0.4, -0.2) is 25.3 Å². The number of hydrogen-bond donors (Lipinski definition) is 0. The third kappa shape index (κ3) is 3.16. The number of benzene rings is 1. The number of nitrogens with zero attached hydrogens (tertiary/aromatic N) is 2. The van der Waals surface area contributed by atoms with Crippen LogP contribution in [0.2, 0.25) is 0 Å². The van der Waals surface area contributed by atoms with E-state index in [2.05, 4.69) is 4.98 Å². The van der Waals surface area contributed by atoms with E-state index in [9.17, 15) is 9.00 Å². The second-order valence-electron chi connectivity index (χ2n) is 4.60. The Labute approximate surface area is 138 Å². The highest BCUT2D eigenvalue weighted by molar-refractivity contribution is 8.00. The molecule has 3 rings (SSSR count). The monoisotopic (exact) mass is 350 g/mol. The van der Waals surface area contributed by atoms with Crippen molar-refractivity contribution in [3.63, 3.8) is 0 Å². The van der Waals surface area contributed by atoms with Crippen LogP contribution in [0.5, 0.6) is 0 Å². The summed E-state index contributed by atoms with van der Waals surface area (Å²) in [5.41, 5.74) is 0.714. The standard InChI is InChI=1S/C15H14N2O2S3/c1-17-14(18)13-12(7-8-20-13)16-15(17)21-9-10-22(19)11-5-3-2-4-6-11/h2-8H,9-10H2,1H3. The van der Waals surface area contributed by atoms with Gasteiger partial charge in [0.2, 0.25) is 0 Å². The Morgan fingerprint density at radius 1 is 1.27 bits per heavy atom. The predicted octanol–water partition coefficient (Wildman–Crippen LogP) is 2.89. The van der Waals surface area contributed by atoms with Gasteiger partial charge in [-0.25, -0.2) is 4.98 Å². The largest absolute Gasteiger partial charge is 0.290 e. The van der Waals surface area contributed by atoms with Gasteiger partial charge in [-0.2, -0.15) is 0 Å². The van der Waals surface area contributed by atoms with Crippen molar-refractivity contribution in [2.24, 2.45) is 7.05 Å². The van der Waals surface area contributed by atoms with E-state index in [4.69, 9.17) is 0 Å². The summed E-state index contributed by atoms with van der Waals surface area (Å²) >= 11 is 2.87.